The molecular formula is C16H21F2NO3. The van der Waals surface area contributed by atoms with Gasteiger partial charge in [-0.15, -0.1) is 0 Å². The lowest BCUT2D eigenvalue weighted by atomic mass is 10.1. The fourth-order valence-corrected chi connectivity index (χ4v) is 1.93. The van der Waals surface area contributed by atoms with Gasteiger partial charge in [0.05, 0.1) is 19.6 Å². The number of esters is 1. The van der Waals surface area contributed by atoms with E-state index in [2.05, 4.69) is 0 Å². The SMILES string of the molecule is CCOC(=O)CCN(Cc1ccccc1)CC(F)(F)C(C)=O. The summed E-state index contributed by atoms with van der Waals surface area (Å²) >= 11 is 0. The molecule has 0 N–H and O–H groups in total. The molecule has 1 aromatic rings. The molecule has 0 aliphatic carbocycles. The molecule has 0 bridgehead atoms. The highest BCUT2D eigenvalue weighted by molar-refractivity contribution is 5.83. The van der Waals surface area contributed by atoms with E-state index in [1.165, 1.54) is 4.90 Å². The number of benzene rings is 1. The van der Waals surface area contributed by atoms with Crippen LogP contribution in [0.2, 0.25) is 0 Å². The second kappa shape index (κ2) is 8.58. The molecule has 0 spiro atoms. The fraction of sp³-hybridized carbons (Fsp3) is 0.500. The molecule has 0 aliphatic heterocycles. The first kappa shape index (κ1) is 18.2. The number of hydrogen-bond acceptors (Lipinski definition) is 4. The monoisotopic (exact) mass is 313 g/mol. The van der Waals surface area contributed by atoms with Crippen LogP contribution in [-0.4, -0.2) is 42.3 Å². The number of carbonyl (C=O) groups is 2. The summed E-state index contributed by atoms with van der Waals surface area (Å²) in [6, 6.07) is 9.06. The van der Waals surface area contributed by atoms with Crippen molar-refractivity contribution in [3.8, 4) is 0 Å². The predicted molar refractivity (Wildman–Crippen MR) is 78.6 cm³/mol. The van der Waals surface area contributed by atoms with Crippen molar-refractivity contribution in [3.63, 3.8) is 0 Å². The van der Waals surface area contributed by atoms with Gasteiger partial charge in [-0.2, -0.15) is 8.78 Å². The number of hydrogen-bond donors (Lipinski definition) is 0. The highest BCUT2D eigenvalue weighted by atomic mass is 19.3. The van der Waals surface area contributed by atoms with Crippen LogP contribution in [0.3, 0.4) is 0 Å². The van der Waals surface area contributed by atoms with Crippen molar-refractivity contribution in [1.29, 1.82) is 0 Å². The van der Waals surface area contributed by atoms with Gasteiger partial charge >= 0.3 is 11.9 Å². The number of carbonyl (C=O) groups excluding carboxylic acids is 2. The fourth-order valence-electron chi connectivity index (χ4n) is 1.93. The molecule has 0 amide bonds. The maximum Gasteiger partial charge on any atom is 0.317 e. The van der Waals surface area contributed by atoms with Gasteiger partial charge in [-0.05, 0) is 12.5 Å². The molecule has 22 heavy (non-hydrogen) atoms. The van der Waals surface area contributed by atoms with E-state index in [4.69, 9.17) is 4.74 Å². The lowest BCUT2D eigenvalue weighted by Gasteiger charge is -2.25. The van der Waals surface area contributed by atoms with Gasteiger partial charge in [0.15, 0.2) is 5.78 Å². The maximum atomic E-state index is 13.7. The maximum absolute atomic E-state index is 13.7. The quantitative estimate of drug-likeness (QED) is 0.658. The number of ketones is 1. The first-order chi connectivity index (χ1) is 10.3. The average Bonchev–Trinajstić information content (AvgIpc) is 2.46. The van der Waals surface area contributed by atoms with Gasteiger partial charge in [-0.3, -0.25) is 14.5 Å². The van der Waals surface area contributed by atoms with E-state index in [9.17, 15) is 18.4 Å². The minimum Gasteiger partial charge on any atom is -0.466 e. The van der Waals surface area contributed by atoms with E-state index in [1.54, 1.807) is 6.92 Å². The first-order valence-electron chi connectivity index (χ1n) is 7.16. The third kappa shape index (κ3) is 6.30. The number of nitrogens with zero attached hydrogens (tertiary/aromatic N) is 1. The summed E-state index contributed by atoms with van der Waals surface area (Å²) in [4.78, 5) is 23.8. The van der Waals surface area contributed by atoms with E-state index in [1.807, 2.05) is 30.3 Å². The summed E-state index contributed by atoms with van der Waals surface area (Å²) in [5.41, 5.74) is 0.839. The number of ether oxygens (including phenoxy) is 1. The lowest BCUT2D eigenvalue weighted by Crippen LogP contribution is -2.42. The van der Waals surface area contributed by atoms with Crippen LogP contribution in [0, 0.1) is 0 Å². The van der Waals surface area contributed by atoms with Crippen LogP contribution in [0.4, 0.5) is 8.78 Å². The Balaban J connectivity index is 2.72. The van der Waals surface area contributed by atoms with Crippen molar-refractivity contribution in [2.75, 3.05) is 19.7 Å². The molecule has 0 unspecified atom stereocenters. The molecule has 0 radical (unpaired) electrons. The number of rotatable bonds is 9. The zero-order chi connectivity index (χ0) is 16.6. The average molecular weight is 313 g/mol. The van der Waals surface area contributed by atoms with Crippen molar-refractivity contribution in [1.82, 2.24) is 4.90 Å². The van der Waals surface area contributed by atoms with Gasteiger partial charge in [-0.25, -0.2) is 0 Å². The van der Waals surface area contributed by atoms with Gasteiger partial charge in [0.2, 0.25) is 0 Å². The standard InChI is InChI=1S/C16H21F2NO3/c1-3-22-15(21)9-10-19(12-16(17,18)13(2)20)11-14-7-5-4-6-8-14/h4-8H,3,9-12H2,1-2H3. The summed E-state index contributed by atoms with van der Waals surface area (Å²) in [6.45, 7) is 2.44. The van der Waals surface area contributed by atoms with Gasteiger partial charge in [0.1, 0.15) is 0 Å². The van der Waals surface area contributed by atoms with Crippen molar-refractivity contribution in [2.24, 2.45) is 0 Å². The molecule has 0 aromatic heterocycles. The van der Waals surface area contributed by atoms with E-state index >= 15 is 0 Å². The van der Waals surface area contributed by atoms with Crippen LogP contribution in [0.15, 0.2) is 30.3 Å². The van der Waals surface area contributed by atoms with Crippen LogP contribution in [0.1, 0.15) is 25.8 Å². The normalized spacial score (nSPS) is 11.5. The second-order valence-electron chi connectivity index (χ2n) is 5.01. The van der Waals surface area contributed by atoms with Crippen LogP contribution in [0.25, 0.3) is 0 Å². The zero-order valence-electron chi connectivity index (χ0n) is 12.9. The minimum absolute atomic E-state index is 0.00859. The number of alkyl halides is 2. The summed E-state index contributed by atoms with van der Waals surface area (Å²) in [5, 5.41) is 0. The Bertz CT molecular complexity index is 491. The Morgan fingerprint density at radius 2 is 1.86 bits per heavy atom. The molecule has 0 saturated carbocycles. The van der Waals surface area contributed by atoms with E-state index < -0.39 is 24.2 Å². The molecular weight excluding hydrogens is 292 g/mol. The third-order valence-corrected chi connectivity index (χ3v) is 3.12. The molecule has 0 aliphatic rings. The number of halogens is 2. The smallest absolute Gasteiger partial charge is 0.317 e. The Labute approximate surface area is 129 Å². The highest BCUT2D eigenvalue weighted by Gasteiger charge is 2.37. The molecule has 122 valence electrons. The predicted octanol–water partition coefficient (Wildman–Crippen LogP) is 2.67. The largest absolute Gasteiger partial charge is 0.466 e. The molecule has 1 rings (SSSR count). The van der Waals surface area contributed by atoms with Gasteiger partial charge in [0.25, 0.3) is 0 Å². The molecule has 0 fully saturated rings. The molecule has 0 atom stereocenters. The van der Waals surface area contributed by atoms with Gasteiger partial charge < -0.3 is 4.74 Å². The topological polar surface area (TPSA) is 46.6 Å². The molecule has 1 aromatic carbocycles. The minimum atomic E-state index is -3.43. The Kier molecular flexibility index (Phi) is 7.11. The van der Waals surface area contributed by atoms with Crippen LogP contribution >= 0.6 is 0 Å². The van der Waals surface area contributed by atoms with Crippen LogP contribution in [0.5, 0.6) is 0 Å². The summed E-state index contributed by atoms with van der Waals surface area (Å²) in [7, 11) is 0. The van der Waals surface area contributed by atoms with Gasteiger partial charge in [0, 0.05) is 20.0 Å². The Morgan fingerprint density at radius 3 is 2.41 bits per heavy atom. The van der Waals surface area contributed by atoms with Crippen LogP contribution < -0.4 is 0 Å². The Morgan fingerprint density at radius 1 is 1.23 bits per heavy atom. The van der Waals surface area contributed by atoms with E-state index in [0.717, 1.165) is 12.5 Å². The summed E-state index contributed by atoms with van der Waals surface area (Å²) in [5.74, 6) is -5.04. The van der Waals surface area contributed by atoms with Crippen molar-refractivity contribution >= 4 is 11.8 Å². The molecule has 0 saturated heterocycles. The zero-order valence-corrected chi connectivity index (χ0v) is 12.9. The molecule has 4 nitrogen and oxygen atoms in total. The number of Topliss-reactive ketones (excluding diaryl/α,β-unsaturated/α-hetero) is 1. The summed E-state index contributed by atoms with van der Waals surface area (Å²) in [6.07, 6.45) is 0.00859. The summed E-state index contributed by atoms with van der Waals surface area (Å²) < 4.78 is 32.1. The van der Waals surface area contributed by atoms with E-state index in [-0.39, 0.29) is 26.1 Å². The van der Waals surface area contributed by atoms with E-state index in [0.29, 0.717) is 0 Å². The molecule has 0 heterocycles. The van der Waals surface area contributed by atoms with Crippen molar-refractivity contribution < 1.29 is 23.1 Å². The van der Waals surface area contributed by atoms with Crippen molar-refractivity contribution in [2.45, 2.75) is 32.7 Å². The van der Waals surface area contributed by atoms with Crippen LogP contribution in [-0.2, 0) is 20.9 Å². The van der Waals surface area contributed by atoms with Gasteiger partial charge in [-0.1, -0.05) is 30.3 Å². The molecule has 6 heteroatoms. The first-order valence-corrected chi connectivity index (χ1v) is 7.16. The third-order valence-electron chi connectivity index (χ3n) is 3.12. The van der Waals surface area contributed by atoms with Crippen molar-refractivity contribution in [3.05, 3.63) is 35.9 Å². The highest BCUT2D eigenvalue weighted by Crippen LogP contribution is 2.18. The lowest BCUT2D eigenvalue weighted by molar-refractivity contribution is -0.145. The Hall–Kier alpha value is -1.82. The second-order valence-corrected chi connectivity index (χ2v) is 5.01.